The van der Waals surface area contributed by atoms with Crippen LogP contribution in [0.1, 0.15) is 63.8 Å². The van der Waals surface area contributed by atoms with Crippen LogP contribution in [0.2, 0.25) is 0 Å². The van der Waals surface area contributed by atoms with Crippen molar-refractivity contribution in [2.24, 2.45) is 10.8 Å². The van der Waals surface area contributed by atoms with Crippen LogP contribution in [0.25, 0.3) is 11.1 Å². The molecule has 0 aliphatic rings. The summed E-state index contributed by atoms with van der Waals surface area (Å²) in [5.41, 5.74) is 8.49. The normalized spacial score (nSPS) is 13.7. The van der Waals surface area contributed by atoms with Crippen LogP contribution in [-0.4, -0.2) is 0 Å². The van der Waals surface area contributed by atoms with E-state index in [-0.39, 0.29) is 10.8 Å². The van der Waals surface area contributed by atoms with E-state index in [2.05, 4.69) is 104 Å². The standard InChI is InChI=1S/C24H32/c1-17-13-9-11-15-19(17)21(23(3,4)5)22(24(6,7)8)20-16-12-10-14-18(20)2/h9-16H,1-8H3. The van der Waals surface area contributed by atoms with Crippen LogP contribution in [0.5, 0.6) is 0 Å². The maximum Gasteiger partial charge on any atom is -0.0123 e. The number of allylic oxidation sites excluding steroid dienone is 2. The Balaban J connectivity index is 2.97. The first-order chi connectivity index (χ1) is 11.0. The molecule has 0 aliphatic carbocycles. The highest BCUT2D eigenvalue weighted by Crippen LogP contribution is 2.48. The summed E-state index contributed by atoms with van der Waals surface area (Å²) in [5.74, 6) is 0. The van der Waals surface area contributed by atoms with Gasteiger partial charge >= 0.3 is 0 Å². The van der Waals surface area contributed by atoms with Gasteiger partial charge in [-0.25, -0.2) is 0 Å². The average molecular weight is 321 g/mol. The fourth-order valence-corrected chi connectivity index (χ4v) is 3.53. The van der Waals surface area contributed by atoms with E-state index in [1.807, 2.05) is 0 Å². The lowest BCUT2D eigenvalue weighted by Gasteiger charge is -2.35. The molecule has 0 aromatic heterocycles. The topological polar surface area (TPSA) is 0 Å². The molecule has 2 rings (SSSR count). The molecular weight excluding hydrogens is 288 g/mol. The van der Waals surface area contributed by atoms with E-state index in [9.17, 15) is 0 Å². The minimum atomic E-state index is 0.0665. The predicted octanol–water partition coefficient (Wildman–Crippen LogP) is 7.31. The van der Waals surface area contributed by atoms with E-state index in [0.717, 1.165) is 0 Å². The van der Waals surface area contributed by atoms with Crippen molar-refractivity contribution < 1.29 is 0 Å². The molecule has 0 unspecified atom stereocenters. The van der Waals surface area contributed by atoms with Crippen molar-refractivity contribution in [2.45, 2.75) is 55.4 Å². The van der Waals surface area contributed by atoms with Gasteiger partial charge in [-0.3, -0.25) is 0 Å². The molecule has 0 nitrogen and oxygen atoms in total. The molecule has 0 amide bonds. The van der Waals surface area contributed by atoms with Gasteiger partial charge < -0.3 is 0 Å². The summed E-state index contributed by atoms with van der Waals surface area (Å²) in [4.78, 5) is 0. The van der Waals surface area contributed by atoms with E-state index < -0.39 is 0 Å². The van der Waals surface area contributed by atoms with Crippen LogP contribution in [0.4, 0.5) is 0 Å². The Hall–Kier alpha value is -1.82. The quantitative estimate of drug-likeness (QED) is 0.509. The van der Waals surface area contributed by atoms with Gasteiger partial charge in [-0.05, 0) is 58.1 Å². The summed E-state index contributed by atoms with van der Waals surface area (Å²) in [5, 5.41) is 0. The zero-order chi connectivity index (χ0) is 18.1. The minimum absolute atomic E-state index is 0.0665. The number of aryl methyl sites for hydroxylation is 2. The molecule has 0 radical (unpaired) electrons. The Bertz CT molecular complexity index is 681. The van der Waals surface area contributed by atoms with E-state index in [0.29, 0.717) is 0 Å². The molecule has 0 N–H and O–H groups in total. The molecule has 24 heavy (non-hydrogen) atoms. The van der Waals surface area contributed by atoms with Crippen LogP contribution >= 0.6 is 0 Å². The smallest absolute Gasteiger partial charge is 0.0123 e. The maximum absolute atomic E-state index is 2.33. The van der Waals surface area contributed by atoms with Gasteiger partial charge in [0.25, 0.3) is 0 Å². The first kappa shape index (κ1) is 18.5. The van der Waals surface area contributed by atoms with Crippen LogP contribution in [0, 0.1) is 24.7 Å². The predicted molar refractivity (Wildman–Crippen MR) is 108 cm³/mol. The van der Waals surface area contributed by atoms with Gasteiger partial charge in [-0.2, -0.15) is 0 Å². The van der Waals surface area contributed by atoms with Gasteiger partial charge in [0.05, 0.1) is 0 Å². The zero-order valence-electron chi connectivity index (χ0n) is 16.6. The average Bonchev–Trinajstić information content (AvgIpc) is 2.44. The van der Waals surface area contributed by atoms with Crippen LogP contribution in [0.15, 0.2) is 48.5 Å². The van der Waals surface area contributed by atoms with Gasteiger partial charge in [0.2, 0.25) is 0 Å². The number of hydrogen-bond acceptors (Lipinski definition) is 0. The Labute approximate surface area is 148 Å². The molecular formula is C24H32. The van der Waals surface area contributed by atoms with E-state index in [4.69, 9.17) is 0 Å². The molecule has 2 aromatic carbocycles. The fourth-order valence-electron chi connectivity index (χ4n) is 3.53. The molecule has 0 bridgehead atoms. The Morgan fingerprint density at radius 3 is 1.08 bits per heavy atom. The van der Waals surface area contributed by atoms with Crippen LogP contribution in [0.3, 0.4) is 0 Å². The first-order valence-electron chi connectivity index (χ1n) is 8.90. The number of rotatable bonds is 2. The van der Waals surface area contributed by atoms with E-state index in [1.54, 1.807) is 0 Å². The minimum Gasteiger partial charge on any atom is -0.0620 e. The van der Waals surface area contributed by atoms with E-state index >= 15 is 0 Å². The SMILES string of the molecule is Cc1ccccc1C(=C(c1ccccc1C)C(C)(C)C)C(C)(C)C. The maximum atomic E-state index is 2.33. The summed E-state index contributed by atoms with van der Waals surface area (Å²) in [6, 6.07) is 17.6. The summed E-state index contributed by atoms with van der Waals surface area (Å²) >= 11 is 0. The summed E-state index contributed by atoms with van der Waals surface area (Å²) in [6.07, 6.45) is 0. The highest BCUT2D eigenvalue weighted by Gasteiger charge is 2.31. The molecule has 2 aromatic rings. The lowest BCUT2D eigenvalue weighted by molar-refractivity contribution is 0.534. The van der Waals surface area contributed by atoms with Crippen molar-refractivity contribution in [3.05, 3.63) is 70.8 Å². The molecule has 128 valence electrons. The monoisotopic (exact) mass is 320 g/mol. The number of benzene rings is 2. The lowest BCUT2D eigenvalue weighted by Crippen LogP contribution is -2.19. The van der Waals surface area contributed by atoms with Gasteiger partial charge in [0.15, 0.2) is 0 Å². The van der Waals surface area contributed by atoms with Crippen molar-refractivity contribution >= 4 is 11.1 Å². The van der Waals surface area contributed by atoms with Crippen molar-refractivity contribution in [3.63, 3.8) is 0 Å². The second kappa shape index (κ2) is 6.59. The van der Waals surface area contributed by atoms with Crippen molar-refractivity contribution in [1.29, 1.82) is 0 Å². The highest BCUT2D eigenvalue weighted by atomic mass is 14.3. The fraction of sp³-hybridized carbons (Fsp3) is 0.417. The second-order valence-corrected chi connectivity index (χ2v) is 8.88. The van der Waals surface area contributed by atoms with Crippen LogP contribution < -0.4 is 0 Å². The van der Waals surface area contributed by atoms with Gasteiger partial charge in [0, 0.05) is 0 Å². The third kappa shape index (κ3) is 3.80. The second-order valence-electron chi connectivity index (χ2n) is 8.88. The summed E-state index contributed by atoms with van der Waals surface area (Å²) in [7, 11) is 0. The Kier molecular flexibility index (Phi) is 5.08. The van der Waals surface area contributed by atoms with Crippen molar-refractivity contribution in [3.8, 4) is 0 Å². The Morgan fingerprint density at radius 1 is 0.542 bits per heavy atom. The number of hydrogen-bond donors (Lipinski definition) is 0. The van der Waals surface area contributed by atoms with Gasteiger partial charge in [-0.15, -0.1) is 0 Å². The van der Waals surface area contributed by atoms with Crippen LogP contribution in [-0.2, 0) is 0 Å². The molecule has 0 fully saturated rings. The van der Waals surface area contributed by atoms with Crippen molar-refractivity contribution in [1.82, 2.24) is 0 Å². The molecule has 0 heteroatoms. The Morgan fingerprint density at radius 2 is 0.833 bits per heavy atom. The van der Waals surface area contributed by atoms with Gasteiger partial charge in [-0.1, -0.05) is 90.1 Å². The first-order valence-corrected chi connectivity index (χ1v) is 8.90. The summed E-state index contributed by atoms with van der Waals surface area (Å²) < 4.78 is 0. The molecule has 0 saturated heterocycles. The molecule has 0 heterocycles. The highest BCUT2D eigenvalue weighted by molar-refractivity contribution is 5.96. The third-order valence-corrected chi connectivity index (χ3v) is 4.58. The van der Waals surface area contributed by atoms with E-state index in [1.165, 1.54) is 33.4 Å². The molecule has 0 spiro atoms. The largest absolute Gasteiger partial charge is 0.0620 e. The third-order valence-electron chi connectivity index (χ3n) is 4.58. The molecule has 0 saturated carbocycles. The molecule has 0 atom stereocenters. The van der Waals surface area contributed by atoms with Gasteiger partial charge in [0.1, 0.15) is 0 Å². The zero-order valence-corrected chi connectivity index (χ0v) is 16.6. The van der Waals surface area contributed by atoms with Crippen molar-refractivity contribution in [2.75, 3.05) is 0 Å². The molecule has 0 aliphatic heterocycles. The lowest BCUT2D eigenvalue weighted by atomic mass is 9.69. The summed E-state index contributed by atoms with van der Waals surface area (Å²) in [6.45, 7) is 18.4.